The van der Waals surface area contributed by atoms with Crippen LogP contribution in [0.2, 0.25) is 0 Å². The standard InChI is InChI=1S/C19H27N5O2/c1-14-6-3-4-7-15(14)10-20-18(26)12-24-9-5-8-16(11-24)19-22-21-17(13-25)23(19)2/h3-4,6-7,16,25H,5,8-13H2,1-2H3,(H,20,26)/t16-/m1/s1. The first-order chi connectivity index (χ1) is 12.6. The molecule has 1 amide bonds. The summed E-state index contributed by atoms with van der Waals surface area (Å²) in [7, 11) is 1.88. The monoisotopic (exact) mass is 357 g/mol. The van der Waals surface area contributed by atoms with Crippen LogP contribution in [0.3, 0.4) is 0 Å². The van der Waals surface area contributed by atoms with Crippen molar-refractivity contribution in [2.45, 2.75) is 38.8 Å². The maximum absolute atomic E-state index is 12.3. The molecule has 26 heavy (non-hydrogen) atoms. The van der Waals surface area contributed by atoms with Gasteiger partial charge in [0.2, 0.25) is 5.91 Å². The number of nitrogens with zero attached hydrogens (tertiary/aromatic N) is 4. The number of hydrogen-bond acceptors (Lipinski definition) is 5. The van der Waals surface area contributed by atoms with Crippen molar-refractivity contribution in [1.82, 2.24) is 25.0 Å². The van der Waals surface area contributed by atoms with Gasteiger partial charge in [0.15, 0.2) is 5.82 Å². The van der Waals surface area contributed by atoms with Crippen molar-refractivity contribution in [3.8, 4) is 0 Å². The molecule has 2 aromatic rings. The van der Waals surface area contributed by atoms with Gasteiger partial charge in [0.05, 0.1) is 6.54 Å². The van der Waals surface area contributed by atoms with E-state index in [2.05, 4.69) is 33.4 Å². The number of amides is 1. The van der Waals surface area contributed by atoms with Crippen LogP contribution in [0.1, 0.15) is 41.5 Å². The molecule has 0 saturated carbocycles. The molecular formula is C19H27N5O2. The minimum Gasteiger partial charge on any atom is -0.388 e. The van der Waals surface area contributed by atoms with Crippen molar-refractivity contribution in [2.24, 2.45) is 7.05 Å². The summed E-state index contributed by atoms with van der Waals surface area (Å²) < 4.78 is 1.87. The lowest BCUT2D eigenvalue weighted by molar-refractivity contribution is -0.122. The lowest BCUT2D eigenvalue weighted by atomic mass is 9.97. The number of benzene rings is 1. The van der Waals surface area contributed by atoms with E-state index < -0.39 is 0 Å². The Labute approximate surface area is 154 Å². The lowest BCUT2D eigenvalue weighted by Gasteiger charge is -2.31. The van der Waals surface area contributed by atoms with Gasteiger partial charge in [-0.05, 0) is 37.4 Å². The van der Waals surface area contributed by atoms with Gasteiger partial charge in [-0.2, -0.15) is 0 Å². The second-order valence-electron chi connectivity index (χ2n) is 6.97. The van der Waals surface area contributed by atoms with E-state index in [0.717, 1.165) is 37.3 Å². The van der Waals surface area contributed by atoms with Crippen molar-refractivity contribution < 1.29 is 9.90 Å². The van der Waals surface area contributed by atoms with Crippen molar-refractivity contribution in [3.05, 3.63) is 47.0 Å². The number of nitrogens with one attached hydrogen (secondary N) is 1. The zero-order valence-electron chi connectivity index (χ0n) is 15.5. The Morgan fingerprint density at radius 2 is 2.15 bits per heavy atom. The topological polar surface area (TPSA) is 83.3 Å². The van der Waals surface area contributed by atoms with E-state index >= 15 is 0 Å². The number of aliphatic hydroxyl groups is 1. The fraction of sp³-hybridized carbons (Fsp3) is 0.526. The summed E-state index contributed by atoms with van der Waals surface area (Å²) in [5, 5.41) is 20.6. The Morgan fingerprint density at radius 1 is 1.35 bits per heavy atom. The van der Waals surface area contributed by atoms with E-state index in [1.54, 1.807) is 0 Å². The van der Waals surface area contributed by atoms with Gasteiger partial charge in [-0.15, -0.1) is 10.2 Å². The van der Waals surface area contributed by atoms with Crippen LogP contribution in [-0.4, -0.2) is 50.3 Å². The third-order valence-electron chi connectivity index (χ3n) is 5.12. The van der Waals surface area contributed by atoms with Crippen LogP contribution in [0.4, 0.5) is 0 Å². The maximum Gasteiger partial charge on any atom is 0.234 e. The molecule has 0 aliphatic carbocycles. The van der Waals surface area contributed by atoms with E-state index in [1.165, 1.54) is 5.56 Å². The molecule has 1 atom stereocenters. The number of rotatable bonds is 6. The molecule has 7 nitrogen and oxygen atoms in total. The first kappa shape index (κ1) is 18.5. The predicted molar refractivity (Wildman–Crippen MR) is 98.4 cm³/mol. The van der Waals surface area contributed by atoms with E-state index in [0.29, 0.717) is 18.9 Å². The number of aromatic nitrogens is 3. The molecular weight excluding hydrogens is 330 g/mol. The fourth-order valence-electron chi connectivity index (χ4n) is 3.54. The van der Waals surface area contributed by atoms with Gasteiger partial charge >= 0.3 is 0 Å². The Hall–Kier alpha value is -2.25. The summed E-state index contributed by atoms with van der Waals surface area (Å²) in [6.07, 6.45) is 2.05. The number of aryl methyl sites for hydroxylation is 1. The molecule has 1 aromatic carbocycles. The fourth-order valence-corrected chi connectivity index (χ4v) is 3.54. The normalized spacial score (nSPS) is 18.0. The maximum atomic E-state index is 12.3. The zero-order chi connectivity index (χ0) is 18.5. The van der Waals surface area contributed by atoms with Crippen molar-refractivity contribution in [2.75, 3.05) is 19.6 Å². The number of aliphatic hydroxyl groups excluding tert-OH is 1. The number of carbonyl (C=O) groups is 1. The Kier molecular flexibility index (Phi) is 6.00. The largest absolute Gasteiger partial charge is 0.388 e. The van der Waals surface area contributed by atoms with Gasteiger partial charge in [-0.1, -0.05) is 24.3 Å². The van der Waals surface area contributed by atoms with Gasteiger partial charge in [-0.3, -0.25) is 9.69 Å². The van der Waals surface area contributed by atoms with Gasteiger partial charge in [0.1, 0.15) is 12.4 Å². The van der Waals surface area contributed by atoms with Crippen molar-refractivity contribution >= 4 is 5.91 Å². The molecule has 0 spiro atoms. The summed E-state index contributed by atoms with van der Waals surface area (Å²) >= 11 is 0. The third-order valence-corrected chi connectivity index (χ3v) is 5.12. The average molecular weight is 357 g/mol. The summed E-state index contributed by atoms with van der Waals surface area (Å²) in [6, 6.07) is 8.09. The van der Waals surface area contributed by atoms with Crippen LogP contribution < -0.4 is 5.32 Å². The molecule has 0 unspecified atom stereocenters. The van der Waals surface area contributed by atoms with Crippen molar-refractivity contribution in [1.29, 1.82) is 0 Å². The van der Waals surface area contributed by atoms with Gasteiger partial charge in [0, 0.05) is 26.1 Å². The highest BCUT2D eigenvalue weighted by molar-refractivity contribution is 5.78. The highest BCUT2D eigenvalue weighted by Crippen LogP contribution is 2.25. The third kappa shape index (κ3) is 4.28. The quantitative estimate of drug-likeness (QED) is 0.809. The number of hydrogen-bond donors (Lipinski definition) is 2. The molecule has 1 saturated heterocycles. The molecule has 2 heterocycles. The molecule has 2 N–H and O–H groups in total. The van der Waals surface area contributed by atoms with Gasteiger partial charge in [-0.25, -0.2) is 0 Å². The van der Waals surface area contributed by atoms with E-state index in [4.69, 9.17) is 0 Å². The molecule has 3 rings (SSSR count). The lowest BCUT2D eigenvalue weighted by Crippen LogP contribution is -2.42. The van der Waals surface area contributed by atoms with Gasteiger partial charge in [0.25, 0.3) is 0 Å². The highest BCUT2D eigenvalue weighted by Gasteiger charge is 2.26. The van der Waals surface area contributed by atoms with Crippen LogP contribution in [0.15, 0.2) is 24.3 Å². The molecule has 1 aliphatic heterocycles. The molecule has 0 bridgehead atoms. The molecule has 1 aromatic heterocycles. The number of likely N-dealkylation sites (tertiary alicyclic amines) is 1. The van der Waals surface area contributed by atoms with E-state index in [9.17, 15) is 9.90 Å². The minimum absolute atomic E-state index is 0.0444. The summed E-state index contributed by atoms with van der Waals surface area (Å²) in [5.74, 6) is 1.75. The molecule has 1 aliphatic rings. The van der Waals surface area contributed by atoms with Crippen LogP contribution in [-0.2, 0) is 25.0 Å². The van der Waals surface area contributed by atoms with Gasteiger partial charge < -0.3 is 15.0 Å². The molecule has 0 radical (unpaired) electrons. The Bertz CT molecular complexity index is 758. The van der Waals surface area contributed by atoms with E-state index in [1.807, 2.05) is 29.8 Å². The van der Waals surface area contributed by atoms with Crippen molar-refractivity contribution in [3.63, 3.8) is 0 Å². The SMILES string of the molecule is Cc1ccccc1CNC(=O)CN1CCC[C@@H](c2nnc(CO)n2C)C1. The molecule has 1 fully saturated rings. The second-order valence-corrected chi connectivity index (χ2v) is 6.97. The van der Waals surface area contributed by atoms with Crippen LogP contribution >= 0.6 is 0 Å². The van der Waals surface area contributed by atoms with Crippen LogP contribution in [0.25, 0.3) is 0 Å². The molecule has 7 heteroatoms. The number of carbonyl (C=O) groups excluding carboxylic acids is 1. The zero-order valence-corrected chi connectivity index (χ0v) is 15.5. The molecule has 140 valence electrons. The summed E-state index contributed by atoms with van der Waals surface area (Å²) in [5.41, 5.74) is 2.33. The summed E-state index contributed by atoms with van der Waals surface area (Å²) in [6.45, 7) is 4.60. The average Bonchev–Trinajstić information content (AvgIpc) is 3.02. The smallest absolute Gasteiger partial charge is 0.234 e. The van der Waals surface area contributed by atoms with Crippen LogP contribution in [0.5, 0.6) is 0 Å². The minimum atomic E-state index is -0.110. The van der Waals surface area contributed by atoms with E-state index in [-0.39, 0.29) is 18.4 Å². The Balaban J connectivity index is 1.54. The highest BCUT2D eigenvalue weighted by atomic mass is 16.3. The second kappa shape index (κ2) is 8.42. The first-order valence-corrected chi connectivity index (χ1v) is 9.11. The predicted octanol–water partition coefficient (Wildman–Crippen LogP) is 1.11. The number of piperidine rings is 1. The van der Waals surface area contributed by atoms with Crippen LogP contribution in [0, 0.1) is 6.92 Å². The Morgan fingerprint density at radius 3 is 2.88 bits per heavy atom. The first-order valence-electron chi connectivity index (χ1n) is 9.11. The summed E-state index contributed by atoms with van der Waals surface area (Å²) in [4.78, 5) is 14.5.